The smallest absolute Gasteiger partial charge is 0.146 e. The Bertz CT molecular complexity index is 302. The van der Waals surface area contributed by atoms with Crippen molar-refractivity contribution in [1.29, 1.82) is 0 Å². The number of nitrogens with zero attached hydrogens (tertiary/aromatic N) is 1. The van der Waals surface area contributed by atoms with E-state index in [4.69, 9.17) is 0 Å². The van der Waals surface area contributed by atoms with Crippen LogP contribution in [0.4, 0.5) is 10.1 Å². The van der Waals surface area contributed by atoms with Gasteiger partial charge in [-0.15, -0.1) is 0 Å². The number of nitrogens with one attached hydrogen (secondary N) is 1. The lowest BCUT2D eigenvalue weighted by Crippen LogP contribution is -2.13. The Morgan fingerprint density at radius 3 is 2.64 bits per heavy atom. The topological polar surface area (TPSA) is 24.5 Å². The van der Waals surface area contributed by atoms with Gasteiger partial charge in [0.05, 0.1) is 12.8 Å². The van der Waals surface area contributed by atoms with Gasteiger partial charge in [-0.05, 0) is 17.7 Å². The first-order valence-electron chi connectivity index (χ1n) is 4.36. The van der Waals surface area contributed by atoms with Gasteiger partial charge in [-0.2, -0.15) is 5.48 Å². The van der Waals surface area contributed by atoms with E-state index < -0.39 is 0 Å². The van der Waals surface area contributed by atoms with Gasteiger partial charge in [0.25, 0.3) is 0 Å². The second-order valence-electron chi connectivity index (χ2n) is 3.21. The van der Waals surface area contributed by atoms with Crippen molar-refractivity contribution >= 4 is 5.69 Å². The van der Waals surface area contributed by atoms with Crippen LogP contribution >= 0.6 is 0 Å². The summed E-state index contributed by atoms with van der Waals surface area (Å²) in [4.78, 5) is 6.42. The molecule has 0 aliphatic heterocycles. The van der Waals surface area contributed by atoms with Crippen molar-refractivity contribution in [2.24, 2.45) is 0 Å². The van der Waals surface area contributed by atoms with Gasteiger partial charge in [-0.25, -0.2) is 4.39 Å². The van der Waals surface area contributed by atoms with Gasteiger partial charge >= 0.3 is 0 Å². The normalized spacial score (nSPS) is 10.3. The number of benzene rings is 1. The van der Waals surface area contributed by atoms with Crippen LogP contribution in [0.1, 0.15) is 5.56 Å². The predicted octanol–water partition coefficient (Wildman–Crippen LogP) is 1.54. The summed E-state index contributed by atoms with van der Waals surface area (Å²) < 4.78 is 13.4. The minimum Gasteiger partial charge on any atom is -0.375 e. The van der Waals surface area contributed by atoms with E-state index in [9.17, 15) is 4.39 Å². The molecule has 1 N–H and O–H groups in total. The van der Waals surface area contributed by atoms with Crippen LogP contribution in [-0.2, 0) is 11.4 Å². The summed E-state index contributed by atoms with van der Waals surface area (Å²) in [7, 11) is 5.15. The van der Waals surface area contributed by atoms with E-state index in [1.54, 1.807) is 11.0 Å². The van der Waals surface area contributed by atoms with Crippen molar-refractivity contribution in [2.75, 3.05) is 26.1 Å². The van der Waals surface area contributed by atoms with Crippen LogP contribution in [-0.4, -0.2) is 21.2 Å². The molecule has 14 heavy (non-hydrogen) atoms. The number of halogens is 1. The number of hydroxylamine groups is 1. The monoisotopic (exact) mass is 198 g/mol. The lowest BCUT2D eigenvalue weighted by atomic mass is 10.2. The first kappa shape index (κ1) is 10.9. The highest BCUT2D eigenvalue weighted by molar-refractivity contribution is 5.47. The zero-order valence-corrected chi connectivity index (χ0v) is 8.67. The zero-order chi connectivity index (χ0) is 10.6. The van der Waals surface area contributed by atoms with E-state index >= 15 is 0 Å². The maximum absolute atomic E-state index is 13.4. The minimum atomic E-state index is -0.217. The molecule has 0 saturated heterocycles. The fraction of sp³-hybridized carbons (Fsp3) is 0.400. The van der Waals surface area contributed by atoms with Crippen LogP contribution in [0.2, 0.25) is 0 Å². The maximum atomic E-state index is 13.4. The Labute approximate surface area is 83.4 Å². The third kappa shape index (κ3) is 2.68. The third-order valence-corrected chi connectivity index (χ3v) is 1.91. The molecule has 0 fully saturated rings. The molecule has 0 amide bonds. The summed E-state index contributed by atoms with van der Waals surface area (Å²) in [6.45, 7) is 0.501. The number of rotatable bonds is 4. The van der Waals surface area contributed by atoms with E-state index in [-0.39, 0.29) is 5.82 Å². The van der Waals surface area contributed by atoms with Gasteiger partial charge in [0.1, 0.15) is 5.82 Å². The summed E-state index contributed by atoms with van der Waals surface area (Å²) in [5, 5.41) is 0. The van der Waals surface area contributed by atoms with Crippen LogP contribution in [0.25, 0.3) is 0 Å². The van der Waals surface area contributed by atoms with Gasteiger partial charge in [0.15, 0.2) is 0 Å². The molecule has 0 heterocycles. The SMILES string of the molecule is CONCc1ccc(N(C)C)c(F)c1. The van der Waals surface area contributed by atoms with E-state index in [1.165, 1.54) is 13.2 Å². The van der Waals surface area contributed by atoms with E-state index in [1.807, 2.05) is 20.2 Å². The van der Waals surface area contributed by atoms with Crippen molar-refractivity contribution in [2.45, 2.75) is 6.54 Å². The van der Waals surface area contributed by atoms with Crippen LogP contribution in [0.15, 0.2) is 18.2 Å². The van der Waals surface area contributed by atoms with Crippen LogP contribution in [0.5, 0.6) is 0 Å². The summed E-state index contributed by atoms with van der Waals surface area (Å²) in [6, 6.07) is 5.12. The molecule has 0 aliphatic carbocycles. The van der Waals surface area contributed by atoms with Crippen molar-refractivity contribution < 1.29 is 9.23 Å². The third-order valence-electron chi connectivity index (χ3n) is 1.91. The van der Waals surface area contributed by atoms with Crippen molar-refractivity contribution in [1.82, 2.24) is 5.48 Å². The summed E-state index contributed by atoms with van der Waals surface area (Å²) >= 11 is 0. The average molecular weight is 198 g/mol. The molecule has 78 valence electrons. The highest BCUT2D eigenvalue weighted by Gasteiger charge is 2.04. The highest BCUT2D eigenvalue weighted by Crippen LogP contribution is 2.17. The van der Waals surface area contributed by atoms with Crippen molar-refractivity contribution in [3.63, 3.8) is 0 Å². The molecular formula is C10H15FN2O. The quantitative estimate of drug-likeness (QED) is 0.743. The molecule has 0 unspecified atom stereocenters. The molecule has 1 rings (SSSR count). The molecule has 0 aliphatic rings. The van der Waals surface area contributed by atoms with E-state index in [2.05, 4.69) is 10.3 Å². The maximum Gasteiger partial charge on any atom is 0.146 e. The van der Waals surface area contributed by atoms with E-state index in [0.717, 1.165) is 5.56 Å². The van der Waals surface area contributed by atoms with Crippen LogP contribution in [0.3, 0.4) is 0 Å². The zero-order valence-electron chi connectivity index (χ0n) is 8.67. The van der Waals surface area contributed by atoms with Crippen LogP contribution in [0, 0.1) is 5.82 Å². The molecular weight excluding hydrogens is 183 g/mol. The fourth-order valence-electron chi connectivity index (χ4n) is 1.18. The molecule has 1 aromatic rings. The van der Waals surface area contributed by atoms with Gasteiger partial charge in [-0.3, -0.25) is 0 Å². The first-order valence-corrected chi connectivity index (χ1v) is 4.36. The minimum absolute atomic E-state index is 0.217. The Kier molecular flexibility index (Phi) is 3.85. The van der Waals surface area contributed by atoms with Gasteiger partial charge in [0, 0.05) is 20.6 Å². The first-order chi connectivity index (χ1) is 6.65. The predicted molar refractivity (Wildman–Crippen MR) is 54.6 cm³/mol. The highest BCUT2D eigenvalue weighted by atomic mass is 19.1. The number of anilines is 1. The van der Waals surface area contributed by atoms with Crippen molar-refractivity contribution in [3.05, 3.63) is 29.6 Å². The molecule has 1 aromatic carbocycles. The van der Waals surface area contributed by atoms with Gasteiger partial charge in [-0.1, -0.05) is 6.07 Å². The Morgan fingerprint density at radius 2 is 2.14 bits per heavy atom. The largest absolute Gasteiger partial charge is 0.375 e. The second-order valence-corrected chi connectivity index (χ2v) is 3.21. The lowest BCUT2D eigenvalue weighted by Gasteiger charge is -2.14. The summed E-state index contributed by atoms with van der Waals surface area (Å²) in [5.74, 6) is -0.217. The molecule has 3 nitrogen and oxygen atoms in total. The van der Waals surface area contributed by atoms with Crippen molar-refractivity contribution in [3.8, 4) is 0 Å². The average Bonchev–Trinajstić information content (AvgIpc) is 2.14. The molecule has 0 bridgehead atoms. The molecule has 4 heteroatoms. The summed E-state index contributed by atoms with van der Waals surface area (Å²) in [6.07, 6.45) is 0. The second kappa shape index (κ2) is 4.93. The summed E-state index contributed by atoms with van der Waals surface area (Å²) in [5.41, 5.74) is 4.11. The van der Waals surface area contributed by atoms with E-state index in [0.29, 0.717) is 12.2 Å². The Morgan fingerprint density at radius 1 is 1.43 bits per heavy atom. The molecule has 0 atom stereocenters. The van der Waals surface area contributed by atoms with Crippen LogP contribution < -0.4 is 10.4 Å². The fourth-order valence-corrected chi connectivity index (χ4v) is 1.18. The molecule has 0 aromatic heterocycles. The lowest BCUT2D eigenvalue weighted by molar-refractivity contribution is 0.0866. The molecule has 0 saturated carbocycles. The van der Waals surface area contributed by atoms with Gasteiger partial charge in [0.2, 0.25) is 0 Å². The Balaban J connectivity index is 2.78. The number of hydrogen-bond acceptors (Lipinski definition) is 3. The number of hydrogen-bond donors (Lipinski definition) is 1. The Hall–Kier alpha value is -1.13. The molecule has 0 spiro atoms. The molecule has 0 radical (unpaired) electrons. The standard InChI is InChI=1S/C10H15FN2O/c1-13(2)10-5-4-8(6-9(10)11)7-12-14-3/h4-6,12H,7H2,1-3H3. The van der Waals surface area contributed by atoms with Gasteiger partial charge < -0.3 is 9.74 Å².